The van der Waals surface area contributed by atoms with Gasteiger partial charge in [0.15, 0.2) is 0 Å². The van der Waals surface area contributed by atoms with Crippen molar-refractivity contribution in [2.75, 3.05) is 6.54 Å². The topological polar surface area (TPSA) is 115 Å². The van der Waals surface area contributed by atoms with Crippen LogP contribution in [0.3, 0.4) is 0 Å². The van der Waals surface area contributed by atoms with Crippen LogP contribution < -0.4 is 10.5 Å². The first-order valence-electron chi connectivity index (χ1n) is 6.48. The molecule has 10 heteroatoms. The Morgan fingerprint density at radius 1 is 1.45 bits per heavy atom. The van der Waals surface area contributed by atoms with Crippen LogP contribution in [-0.4, -0.2) is 25.9 Å². The lowest BCUT2D eigenvalue weighted by molar-refractivity contribution is -0.384. The Hall–Kier alpha value is -0.930. The van der Waals surface area contributed by atoms with Gasteiger partial charge in [0.05, 0.1) is 9.95 Å². The van der Waals surface area contributed by atoms with E-state index in [1.807, 2.05) is 6.92 Å². The Morgan fingerprint density at radius 3 is 2.55 bits per heavy atom. The summed E-state index contributed by atoms with van der Waals surface area (Å²) >= 11 is 5.83. The monoisotopic (exact) mass is 371 g/mol. The van der Waals surface area contributed by atoms with Crippen LogP contribution >= 0.6 is 24.0 Å². The largest absolute Gasteiger partial charge is 0.329 e. The van der Waals surface area contributed by atoms with Gasteiger partial charge in [-0.05, 0) is 12.5 Å². The zero-order chi connectivity index (χ0) is 16.0. The molecule has 0 saturated heterocycles. The van der Waals surface area contributed by atoms with E-state index in [0.29, 0.717) is 6.42 Å². The summed E-state index contributed by atoms with van der Waals surface area (Å²) in [6, 6.07) is 2.85. The molecule has 0 aliphatic carbocycles. The number of hydrogen-bond acceptors (Lipinski definition) is 5. The number of nitrogens with zero attached hydrogens (tertiary/aromatic N) is 1. The van der Waals surface area contributed by atoms with Gasteiger partial charge in [0.25, 0.3) is 5.69 Å². The van der Waals surface area contributed by atoms with E-state index in [0.717, 1.165) is 31.0 Å². The van der Waals surface area contributed by atoms with E-state index >= 15 is 0 Å². The molecule has 0 amide bonds. The van der Waals surface area contributed by atoms with Crippen LogP contribution in [0.25, 0.3) is 0 Å². The molecule has 0 aliphatic rings. The van der Waals surface area contributed by atoms with Crippen LogP contribution in [0.2, 0.25) is 5.02 Å². The average molecular weight is 372 g/mol. The van der Waals surface area contributed by atoms with Crippen LogP contribution in [0, 0.1) is 10.1 Å². The molecular weight excluding hydrogens is 353 g/mol. The van der Waals surface area contributed by atoms with E-state index < -0.39 is 14.9 Å². The van der Waals surface area contributed by atoms with E-state index in [-0.39, 0.29) is 40.6 Å². The van der Waals surface area contributed by atoms with Crippen molar-refractivity contribution in [3.63, 3.8) is 0 Å². The van der Waals surface area contributed by atoms with Gasteiger partial charge < -0.3 is 5.73 Å². The summed E-state index contributed by atoms with van der Waals surface area (Å²) in [6.45, 7) is 2.17. The number of non-ortho nitro benzene ring substituents is 1. The van der Waals surface area contributed by atoms with Crippen LogP contribution in [0.1, 0.15) is 26.2 Å². The number of unbranched alkanes of at least 4 members (excludes halogenated alkanes) is 1. The van der Waals surface area contributed by atoms with Crippen molar-refractivity contribution in [3.8, 4) is 0 Å². The molecule has 3 N–H and O–H groups in total. The molecule has 1 rings (SSSR count). The molecule has 1 aromatic carbocycles. The Morgan fingerprint density at radius 2 is 2.09 bits per heavy atom. The highest BCUT2D eigenvalue weighted by atomic mass is 35.5. The van der Waals surface area contributed by atoms with Gasteiger partial charge in [-0.3, -0.25) is 10.1 Å². The van der Waals surface area contributed by atoms with Crippen molar-refractivity contribution in [2.24, 2.45) is 5.73 Å². The van der Waals surface area contributed by atoms with Crippen molar-refractivity contribution >= 4 is 39.7 Å². The highest BCUT2D eigenvalue weighted by molar-refractivity contribution is 7.89. The zero-order valence-electron chi connectivity index (χ0n) is 12.0. The number of nitro benzene ring substituents is 1. The molecule has 1 aromatic rings. The van der Waals surface area contributed by atoms with E-state index in [2.05, 4.69) is 4.72 Å². The molecule has 7 nitrogen and oxygen atoms in total. The first-order valence-corrected chi connectivity index (χ1v) is 8.34. The van der Waals surface area contributed by atoms with Crippen molar-refractivity contribution in [1.29, 1.82) is 0 Å². The predicted molar refractivity (Wildman–Crippen MR) is 88.0 cm³/mol. The summed E-state index contributed by atoms with van der Waals surface area (Å²) in [5, 5.41) is 10.4. The molecule has 0 aliphatic heterocycles. The molecule has 0 fully saturated rings. The summed E-state index contributed by atoms with van der Waals surface area (Å²) in [4.78, 5) is 9.79. The maximum atomic E-state index is 12.2. The summed E-state index contributed by atoms with van der Waals surface area (Å²) in [5.74, 6) is 0. The second kappa shape index (κ2) is 9.26. The van der Waals surface area contributed by atoms with Gasteiger partial charge in [0, 0.05) is 24.7 Å². The first kappa shape index (κ1) is 21.1. The van der Waals surface area contributed by atoms with Gasteiger partial charge >= 0.3 is 0 Å². The van der Waals surface area contributed by atoms with Gasteiger partial charge in [-0.2, -0.15) is 0 Å². The number of benzene rings is 1. The van der Waals surface area contributed by atoms with E-state index in [1.54, 1.807) is 0 Å². The lowest BCUT2D eigenvalue weighted by atomic mass is 10.1. The Kier molecular flexibility index (Phi) is 8.87. The molecule has 126 valence electrons. The molecule has 0 bridgehead atoms. The maximum Gasteiger partial charge on any atom is 0.271 e. The van der Waals surface area contributed by atoms with Crippen molar-refractivity contribution < 1.29 is 13.3 Å². The van der Waals surface area contributed by atoms with Crippen LogP contribution in [-0.2, 0) is 10.0 Å². The minimum Gasteiger partial charge on any atom is -0.329 e. The summed E-state index contributed by atoms with van der Waals surface area (Å²) < 4.78 is 27.0. The number of nitrogens with two attached hydrogens (primary N) is 1. The second-order valence-corrected chi connectivity index (χ2v) is 6.66. The third kappa shape index (κ3) is 5.69. The predicted octanol–water partition coefficient (Wildman–Crippen LogP) is 2.47. The fourth-order valence-corrected chi connectivity index (χ4v) is 3.60. The molecule has 0 radical (unpaired) electrons. The van der Waals surface area contributed by atoms with Crippen molar-refractivity contribution in [2.45, 2.75) is 37.1 Å². The minimum absolute atomic E-state index is 0. The van der Waals surface area contributed by atoms with Gasteiger partial charge in [0.2, 0.25) is 10.0 Å². The normalized spacial score (nSPS) is 12.5. The van der Waals surface area contributed by atoms with Gasteiger partial charge in [-0.25, -0.2) is 13.1 Å². The molecule has 0 aromatic heterocycles. The molecule has 0 spiro atoms. The fourth-order valence-electron chi connectivity index (χ4n) is 1.78. The van der Waals surface area contributed by atoms with Crippen molar-refractivity contribution in [3.05, 3.63) is 33.3 Å². The molecule has 0 saturated carbocycles. The number of halogens is 2. The maximum absolute atomic E-state index is 12.2. The molecule has 0 heterocycles. The van der Waals surface area contributed by atoms with Crippen LogP contribution in [0.4, 0.5) is 5.69 Å². The van der Waals surface area contributed by atoms with Gasteiger partial charge in [0.1, 0.15) is 4.90 Å². The molecule has 1 unspecified atom stereocenters. The Labute approximate surface area is 140 Å². The SMILES string of the molecule is CCCCC(CN)NS(=O)(=O)c1ccc([N+](=O)[O-])cc1Cl.Cl. The summed E-state index contributed by atoms with van der Waals surface area (Å²) in [5.41, 5.74) is 5.29. The van der Waals surface area contributed by atoms with E-state index in [9.17, 15) is 18.5 Å². The highest BCUT2D eigenvalue weighted by Crippen LogP contribution is 2.26. The number of nitrogens with one attached hydrogen (secondary N) is 1. The summed E-state index contributed by atoms with van der Waals surface area (Å²) in [7, 11) is -3.86. The fraction of sp³-hybridized carbons (Fsp3) is 0.500. The number of hydrogen-bond donors (Lipinski definition) is 2. The van der Waals surface area contributed by atoms with Gasteiger partial charge in [-0.15, -0.1) is 12.4 Å². The minimum atomic E-state index is -3.86. The highest BCUT2D eigenvalue weighted by Gasteiger charge is 2.23. The number of rotatable bonds is 8. The van der Waals surface area contributed by atoms with Crippen LogP contribution in [0.15, 0.2) is 23.1 Å². The lowest BCUT2D eigenvalue weighted by Crippen LogP contribution is -2.40. The molecule has 22 heavy (non-hydrogen) atoms. The number of sulfonamides is 1. The third-order valence-corrected chi connectivity index (χ3v) is 4.93. The Bertz CT molecular complexity index is 610. The smallest absolute Gasteiger partial charge is 0.271 e. The molecule has 1 atom stereocenters. The van der Waals surface area contributed by atoms with Crippen molar-refractivity contribution in [1.82, 2.24) is 4.72 Å². The first-order chi connectivity index (χ1) is 9.81. The number of nitro groups is 1. The standard InChI is InChI=1S/C12H18ClN3O4S.ClH/c1-2-3-4-9(8-14)15-21(19,20)12-6-5-10(16(17)18)7-11(12)13;/h5-7,9,15H,2-4,8,14H2,1H3;1H. The summed E-state index contributed by atoms with van der Waals surface area (Å²) in [6.07, 6.45) is 2.39. The average Bonchev–Trinajstić information content (AvgIpc) is 2.42. The van der Waals surface area contributed by atoms with E-state index in [1.165, 1.54) is 0 Å². The van der Waals surface area contributed by atoms with E-state index in [4.69, 9.17) is 17.3 Å². The van der Waals surface area contributed by atoms with Gasteiger partial charge in [-0.1, -0.05) is 31.4 Å². The quantitative estimate of drug-likeness (QED) is 0.537. The van der Waals surface area contributed by atoms with Crippen LogP contribution in [0.5, 0.6) is 0 Å². The lowest BCUT2D eigenvalue weighted by Gasteiger charge is -2.17. The second-order valence-electron chi connectivity index (χ2n) is 4.57. The zero-order valence-corrected chi connectivity index (χ0v) is 14.4. The third-order valence-electron chi connectivity index (χ3n) is 2.93. The Balaban J connectivity index is 0.00000441. The molecular formula is C12H19Cl2N3O4S.